The van der Waals surface area contributed by atoms with Crippen molar-refractivity contribution >= 4 is 28.3 Å². The molecule has 27 heavy (non-hydrogen) atoms. The zero-order valence-electron chi connectivity index (χ0n) is 15.7. The average Bonchev–Trinajstić information content (AvgIpc) is 3.11. The molecule has 7 heteroatoms. The lowest BCUT2D eigenvalue weighted by atomic mass is 9.96. The van der Waals surface area contributed by atoms with E-state index in [0.29, 0.717) is 31.1 Å². The van der Waals surface area contributed by atoms with Crippen molar-refractivity contribution in [2.24, 2.45) is 5.92 Å². The van der Waals surface area contributed by atoms with Gasteiger partial charge in [0.15, 0.2) is 11.7 Å². The lowest BCUT2D eigenvalue weighted by Gasteiger charge is -2.31. The number of para-hydroxylation sites is 1. The zero-order chi connectivity index (χ0) is 19.2. The van der Waals surface area contributed by atoms with Crippen LogP contribution >= 0.6 is 11.3 Å². The molecule has 2 amide bonds. The van der Waals surface area contributed by atoms with Crippen molar-refractivity contribution in [2.75, 3.05) is 25.0 Å². The zero-order valence-corrected chi connectivity index (χ0v) is 16.6. The Kier molecular flexibility index (Phi) is 6.45. The fourth-order valence-corrected chi connectivity index (χ4v) is 3.87. The Morgan fingerprint density at radius 1 is 1.30 bits per heavy atom. The number of aromatic nitrogens is 1. The van der Waals surface area contributed by atoms with Crippen molar-refractivity contribution in [3.05, 3.63) is 40.9 Å². The summed E-state index contributed by atoms with van der Waals surface area (Å²) < 4.78 is 5.72. The molecule has 1 aromatic heterocycles. The van der Waals surface area contributed by atoms with Crippen molar-refractivity contribution in [1.29, 1.82) is 0 Å². The number of thiazole rings is 1. The third-order valence-corrected chi connectivity index (χ3v) is 5.65. The van der Waals surface area contributed by atoms with Gasteiger partial charge in [-0.25, -0.2) is 4.98 Å². The summed E-state index contributed by atoms with van der Waals surface area (Å²) in [6.07, 6.45) is 2.18. The van der Waals surface area contributed by atoms with Crippen molar-refractivity contribution in [2.45, 2.75) is 33.1 Å². The van der Waals surface area contributed by atoms with Crippen molar-refractivity contribution in [3.8, 4) is 5.75 Å². The number of hydrogen-bond donors (Lipinski definition) is 1. The summed E-state index contributed by atoms with van der Waals surface area (Å²) in [7, 11) is 0. The number of rotatable bonds is 6. The molecule has 1 aromatic carbocycles. The molecule has 0 radical (unpaired) electrons. The minimum absolute atomic E-state index is 0.00966. The van der Waals surface area contributed by atoms with Crippen LogP contribution in [0.25, 0.3) is 0 Å². The van der Waals surface area contributed by atoms with Crippen LogP contribution < -0.4 is 10.1 Å². The smallest absolute Gasteiger partial charge is 0.260 e. The van der Waals surface area contributed by atoms with Gasteiger partial charge in [0, 0.05) is 24.4 Å². The molecule has 6 nitrogen and oxygen atoms in total. The highest BCUT2D eigenvalue weighted by atomic mass is 32.1. The number of ether oxygens (including phenoxy) is 1. The Hall–Kier alpha value is -2.41. The number of carbonyl (C=O) groups is 2. The van der Waals surface area contributed by atoms with Gasteiger partial charge in [0.05, 0.1) is 5.69 Å². The van der Waals surface area contributed by atoms with E-state index in [9.17, 15) is 9.59 Å². The SMILES string of the molecule is CCc1ccccc1OCC(=O)N1CCC(C(=O)Nc2nc(C)cs2)CC1. The summed E-state index contributed by atoms with van der Waals surface area (Å²) in [6.45, 7) is 5.15. The molecule has 3 rings (SSSR count). The van der Waals surface area contributed by atoms with Gasteiger partial charge >= 0.3 is 0 Å². The van der Waals surface area contributed by atoms with Gasteiger partial charge in [0.2, 0.25) is 5.91 Å². The largest absolute Gasteiger partial charge is 0.483 e. The van der Waals surface area contributed by atoms with Crippen LogP contribution in [0.4, 0.5) is 5.13 Å². The molecule has 1 aliphatic heterocycles. The maximum Gasteiger partial charge on any atom is 0.260 e. The molecule has 0 spiro atoms. The number of aryl methyl sites for hydroxylation is 2. The Balaban J connectivity index is 1.45. The topological polar surface area (TPSA) is 71.5 Å². The summed E-state index contributed by atoms with van der Waals surface area (Å²) in [5.74, 6) is 0.640. The summed E-state index contributed by atoms with van der Waals surface area (Å²) in [5.41, 5.74) is 2.00. The van der Waals surface area contributed by atoms with Crippen LogP contribution in [0.15, 0.2) is 29.6 Å². The van der Waals surface area contributed by atoms with E-state index in [1.54, 1.807) is 4.90 Å². The molecule has 0 aliphatic carbocycles. The molecular formula is C20H25N3O3S. The van der Waals surface area contributed by atoms with Crippen molar-refractivity contribution < 1.29 is 14.3 Å². The monoisotopic (exact) mass is 387 g/mol. The number of hydrogen-bond acceptors (Lipinski definition) is 5. The van der Waals surface area contributed by atoms with Gasteiger partial charge in [-0.2, -0.15) is 0 Å². The van der Waals surface area contributed by atoms with Gasteiger partial charge in [-0.15, -0.1) is 11.3 Å². The quantitative estimate of drug-likeness (QED) is 0.826. The number of amides is 2. The third-order valence-electron chi connectivity index (χ3n) is 4.77. The summed E-state index contributed by atoms with van der Waals surface area (Å²) in [6, 6.07) is 7.78. The van der Waals surface area contributed by atoms with E-state index in [2.05, 4.69) is 17.2 Å². The summed E-state index contributed by atoms with van der Waals surface area (Å²) in [4.78, 5) is 30.8. The van der Waals surface area contributed by atoms with Crippen LogP contribution in [0.2, 0.25) is 0 Å². The van der Waals surface area contributed by atoms with Gasteiger partial charge in [-0.05, 0) is 37.8 Å². The molecule has 0 bridgehead atoms. The number of benzene rings is 1. The number of nitrogens with zero attached hydrogens (tertiary/aromatic N) is 2. The Bertz CT molecular complexity index is 797. The number of carbonyl (C=O) groups excluding carboxylic acids is 2. The molecule has 1 saturated heterocycles. The molecule has 1 fully saturated rings. The molecule has 1 aliphatic rings. The highest BCUT2D eigenvalue weighted by molar-refractivity contribution is 7.13. The predicted octanol–water partition coefficient (Wildman–Crippen LogP) is 3.27. The van der Waals surface area contributed by atoms with E-state index >= 15 is 0 Å². The van der Waals surface area contributed by atoms with Gasteiger partial charge < -0.3 is 15.0 Å². The van der Waals surface area contributed by atoms with Crippen LogP contribution in [0.5, 0.6) is 5.75 Å². The van der Waals surface area contributed by atoms with Crippen LogP contribution in [-0.2, 0) is 16.0 Å². The maximum atomic E-state index is 12.4. The molecule has 0 atom stereocenters. The third kappa shape index (κ3) is 5.07. The minimum atomic E-state index is -0.0833. The first kappa shape index (κ1) is 19.4. The molecule has 2 aromatic rings. The number of anilines is 1. The van der Waals surface area contributed by atoms with Crippen LogP contribution in [0, 0.1) is 12.8 Å². The molecule has 1 N–H and O–H groups in total. The van der Waals surface area contributed by atoms with Crippen molar-refractivity contribution in [3.63, 3.8) is 0 Å². The molecular weight excluding hydrogens is 362 g/mol. The van der Waals surface area contributed by atoms with Crippen molar-refractivity contribution in [1.82, 2.24) is 9.88 Å². The molecule has 144 valence electrons. The van der Waals surface area contributed by atoms with E-state index in [-0.39, 0.29) is 24.3 Å². The summed E-state index contributed by atoms with van der Waals surface area (Å²) in [5, 5.41) is 5.42. The first-order valence-electron chi connectivity index (χ1n) is 9.28. The van der Waals surface area contributed by atoms with E-state index < -0.39 is 0 Å². The highest BCUT2D eigenvalue weighted by Gasteiger charge is 2.28. The predicted molar refractivity (Wildman–Crippen MR) is 106 cm³/mol. The van der Waals surface area contributed by atoms with Crippen LogP contribution in [-0.4, -0.2) is 41.4 Å². The maximum absolute atomic E-state index is 12.4. The molecule has 2 heterocycles. The highest BCUT2D eigenvalue weighted by Crippen LogP contribution is 2.22. The summed E-state index contributed by atoms with van der Waals surface area (Å²) >= 11 is 1.43. The Labute approximate surface area is 163 Å². The first-order valence-corrected chi connectivity index (χ1v) is 10.2. The van der Waals surface area contributed by atoms with E-state index in [1.807, 2.05) is 36.6 Å². The molecule has 0 saturated carbocycles. The standard InChI is InChI=1S/C20H25N3O3S/c1-3-15-6-4-5-7-17(15)26-12-18(24)23-10-8-16(9-11-23)19(25)22-20-21-14(2)13-27-20/h4-7,13,16H,3,8-12H2,1-2H3,(H,21,22,25). The number of likely N-dealkylation sites (tertiary alicyclic amines) is 1. The normalized spacial score (nSPS) is 14.8. The second kappa shape index (κ2) is 8.99. The van der Waals surface area contributed by atoms with Crippen LogP contribution in [0.1, 0.15) is 31.0 Å². The van der Waals surface area contributed by atoms with Gasteiger partial charge in [-0.1, -0.05) is 25.1 Å². The van der Waals surface area contributed by atoms with Gasteiger partial charge in [0.1, 0.15) is 5.75 Å². The second-order valence-electron chi connectivity index (χ2n) is 6.69. The van der Waals surface area contributed by atoms with E-state index in [0.717, 1.165) is 23.4 Å². The minimum Gasteiger partial charge on any atom is -0.483 e. The average molecular weight is 388 g/mol. The number of nitrogens with one attached hydrogen (secondary N) is 1. The van der Waals surface area contributed by atoms with Gasteiger partial charge in [0.25, 0.3) is 5.91 Å². The number of piperidine rings is 1. The molecule has 0 unspecified atom stereocenters. The first-order chi connectivity index (χ1) is 13.1. The second-order valence-corrected chi connectivity index (χ2v) is 7.55. The Morgan fingerprint density at radius 2 is 2.04 bits per heavy atom. The lowest BCUT2D eigenvalue weighted by molar-refractivity contribution is -0.136. The Morgan fingerprint density at radius 3 is 2.70 bits per heavy atom. The van der Waals surface area contributed by atoms with Crippen LogP contribution in [0.3, 0.4) is 0 Å². The van der Waals surface area contributed by atoms with Gasteiger partial charge in [-0.3, -0.25) is 9.59 Å². The van der Waals surface area contributed by atoms with E-state index in [4.69, 9.17) is 4.74 Å². The lowest BCUT2D eigenvalue weighted by Crippen LogP contribution is -2.43. The fourth-order valence-electron chi connectivity index (χ4n) is 3.18. The fraction of sp³-hybridized carbons (Fsp3) is 0.450. The van der Waals surface area contributed by atoms with E-state index in [1.165, 1.54) is 11.3 Å².